The summed E-state index contributed by atoms with van der Waals surface area (Å²) in [5.41, 5.74) is 5.87. The molecule has 1 rings (SSSR count). The molecule has 2 unspecified atom stereocenters. The molecule has 0 aliphatic heterocycles. The van der Waals surface area contributed by atoms with Crippen molar-refractivity contribution >= 4 is 0 Å². The molecule has 2 atom stereocenters. The van der Waals surface area contributed by atoms with Crippen LogP contribution in [-0.4, -0.2) is 25.4 Å². The SMILES string of the molecule is NC1CCCC1CCOCCCC(F)(F)F. The van der Waals surface area contributed by atoms with Crippen LogP contribution in [0.25, 0.3) is 0 Å². The molecule has 0 aromatic rings. The third kappa shape index (κ3) is 5.70. The lowest BCUT2D eigenvalue weighted by Gasteiger charge is -2.15. The van der Waals surface area contributed by atoms with E-state index < -0.39 is 12.6 Å². The molecule has 0 aromatic heterocycles. The van der Waals surface area contributed by atoms with Crippen LogP contribution >= 0.6 is 0 Å². The van der Waals surface area contributed by atoms with Gasteiger partial charge in [-0.05, 0) is 31.6 Å². The van der Waals surface area contributed by atoms with E-state index in [9.17, 15) is 13.2 Å². The van der Waals surface area contributed by atoms with Crippen molar-refractivity contribution in [2.75, 3.05) is 13.2 Å². The fourth-order valence-corrected chi connectivity index (χ4v) is 2.14. The molecule has 0 bridgehead atoms. The van der Waals surface area contributed by atoms with E-state index in [0.717, 1.165) is 19.3 Å². The van der Waals surface area contributed by atoms with E-state index in [1.165, 1.54) is 6.42 Å². The summed E-state index contributed by atoms with van der Waals surface area (Å²) in [5.74, 6) is 0.502. The summed E-state index contributed by atoms with van der Waals surface area (Å²) in [6, 6.07) is 0.263. The Bertz CT molecular complexity index is 196. The van der Waals surface area contributed by atoms with Gasteiger partial charge in [0.1, 0.15) is 0 Å². The zero-order valence-electron chi connectivity index (χ0n) is 9.43. The Labute approximate surface area is 94.3 Å². The minimum atomic E-state index is -4.06. The first-order valence-electron chi connectivity index (χ1n) is 5.89. The summed E-state index contributed by atoms with van der Waals surface area (Å²) in [6.07, 6.45) is -0.508. The quantitative estimate of drug-likeness (QED) is 0.723. The molecule has 1 saturated carbocycles. The highest BCUT2D eigenvalue weighted by atomic mass is 19.4. The minimum Gasteiger partial charge on any atom is -0.381 e. The van der Waals surface area contributed by atoms with Gasteiger partial charge in [-0.3, -0.25) is 0 Å². The molecule has 1 fully saturated rings. The highest BCUT2D eigenvalue weighted by molar-refractivity contribution is 4.79. The van der Waals surface area contributed by atoms with Gasteiger partial charge in [0.15, 0.2) is 0 Å². The summed E-state index contributed by atoms with van der Waals surface area (Å²) < 4.78 is 40.6. The number of hydrogen-bond acceptors (Lipinski definition) is 2. The van der Waals surface area contributed by atoms with Gasteiger partial charge in [0.05, 0.1) is 0 Å². The summed E-state index contributed by atoms with van der Waals surface area (Å²) >= 11 is 0. The number of alkyl halides is 3. The van der Waals surface area contributed by atoms with Gasteiger partial charge in [0, 0.05) is 25.7 Å². The molecule has 0 saturated heterocycles. The van der Waals surface area contributed by atoms with Gasteiger partial charge in [0.2, 0.25) is 0 Å². The second-order valence-electron chi connectivity index (χ2n) is 4.47. The second-order valence-corrected chi connectivity index (χ2v) is 4.47. The maximum Gasteiger partial charge on any atom is 0.389 e. The van der Waals surface area contributed by atoms with Crippen LogP contribution in [0.4, 0.5) is 13.2 Å². The van der Waals surface area contributed by atoms with Crippen molar-refractivity contribution in [2.24, 2.45) is 11.7 Å². The van der Waals surface area contributed by atoms with Crippen LogP contribution in [0.15, 0.2) is 0 Å². The van der Waals surface area contributed by atoms with Crippen LogP contribution in [0, 0.1) is 5.92 Å². The first kappa shape index (κ1) is 13.8. The number of hydrogen-bond donors (Lipinski definition) is 1. The van der Waals surface area contributed by atoms with Crippen molar-refractivity contribution < 1.29 is 17.9 Å². The Kier molecular flexibility index (Phi) is 5.55. The Hall–Kier alpha value is -0.290. The molecule has 0 heterocycles. The number of rotatable bonds is 6. The highest BCUT2D eigenvalue weighted by Crippen LogP contribution is 2.26. The molecule has 1 aliphatic rings. The molecule has 5 heteroatoms. The zero-order valence-corrected chi connectivity index (χ0v) is 9.43. The Morgan fingerprint density at radius 2 is 1.94 bits per heavy atom. The van der Waals surface area contributed by atoms with E-state index in [2.05, 4.69) is 0 Å². The van der Waals surface area contributed by atoms with E-state index in [-0.39, 0.29) is 19.1 Å². The molecule has 16 heavy (non-hydrogen) atoms. The van der Waals surface area contributed by atoms with Gasteiger partial charge in [0.25, 0.3) is 0 Å². The van der Waals surface area contributed by atoms with Crippen LogP contribution in [0.3, 0.4) is 0 Å². The van der Waals surface area contributed by atoms with E-state index in [1.54, 1.807) is 0 Å². The number of ether oxygens (including phenoxy) is 1. The van der Waals surface area contributed by atoms with Crippen molar-refractivity contribution in [1.82, 2.24) is 0 Å². The first-order valence-corrected chi connectivity index (χ1v) is 5.89. The molecule has 0 aromatic carbocycles. The van der Waals surface area contributed by atoms with Crippen LogP contribution in [0.2, 0.25) is 0 Å². The summed E-state index contributed by atoms with van der Waals surface area (Å²) in [4.78, 5) is 0. The molecule has 0 spiro atoms. The number of halogens is 3. The van der Waals surface area contributed by atoms with Crippen LogP contribution in [-0.2, 0) is 4.74 Å². The monoisotopic (exact) mass is 239 g/mol. The Morgan fingerprint density at radius 1 is 1.19 bits per heavy atom. The second kappa shape index (κ2) is 6.45. The first-order chi connectivity index (χ1) is 7.49. The molecular weight excluding hydrogens is 219 g/mol. The fraction of sp³-hybridized carbons (Fsp3) is 1.00. The predicted molar refractivity (Wildman–Crippen MR) is 56.0 cm³/mol. The number of nitrogens with two attached hydrogens (primary N) is 1. The van der Waals surface area contributed by atoms with Crippen LogP contribution < -0.4 is 5.73 Å². The van der Waals surface area contributed by atoms with Gasteiger partial charge in [-0.25, -0.2) is 0 Å². The lowest BCUT2D eigenvalue weighted by atomic mass is 10.0. The fourth-order valence-electron chi connectivity index (χ4n) is 2.14. The summed E-state index contributed by atoms with van der Waals surface area (Å²) in [5, 5.41) is 0. The topological polar surface area (TPSA) is 35.2 Å². The minimum absolute atomic E-state index is 0.0558. The molecular formula is C11H20F3NO. The highest BCUT2D eigenvalue weighted by Gasteiger charge is 2.26. The maximum atomic E-state index is 11.8. The molecule has 0 radical (unpaired) electrons. The van der Waals surface area contributed by atoms with Gasteiger partial charge < -0.3 is 10.5 Å². The van der Waals surface area contributed by atoms with Gasteiger partial charge >= 0.3 is 6.18 Å². The standard InChI is InChI=1S/C11H20F3NO/c12-11(13,14)6-2-7-16-8-5-9-3-1-4-10(9)15/h9-10H,1-8,15H2. The van der Waals surface area contributed by atoms with Crippen LogP contribution in [0.5, 0.6) is 0 Å². The van der Waals surface area contributed by atoms with Crippen molar-refractivity contribution in [2.45, 2.75) is 50.7 Å². The van der Waals surface area contributed by atoms with Crippen LogP contribution in [0.1, 0.15) is 38.5 Å². The average molecular weight is 239 g/mol. The third-order valence-electron chi connectivity index (χ3n) is 3.10. The average Bonchev–Trinajstić information content (AvgIpc) is 2.56. The van der Waals surface area contributed by atoms with Crippen molar-refractivity contribution in [3.8, 4) is 0 Å². The van der Waals surface area contributed by atoms with Crippen molar-refractivity contribution in [1.29, 1.82) is 0 Å². The lowest BCUT2D eigenvalue weighted by molar-refractivity contribution is -0.137. The molecule has 96 valence electrons. The van der Waals surface area contributed by atoms with E-state index >= 15 is 0 Å². The Morgan fingerprint density at radius 3 is 2.50 bits per heavy atom. The molecule has 0 amide bonds. The largest absolute Gasteiger partial charge is 0.389 e. The predicted octanol–water partition coefficient (Wildman–Crippen LogP) is 2.86. The van der Waals surface area contributed by atoms with Gasteiger partial charge in [-0.15, -0.1) is 0 Å². The maximum absolute atomic E-state index is 11.8. The molecule has 1 aliphatic carbocycles. The van der Waals surface area contributed by atoms with Gasteiger partial charge in [-0.2, -0.15) is 13.2 Å². The van der Waals surface area contributed by atoms with E-state index in [1.807, 2.05) is 0 Å². The summed E-state index contributed by atoms with van der Waals surface area (Å²) in [6.45, 7) is 0.734. The molecule has 2 N–H and O–H groups in total. The normalized spacial score (nSPS) is 26.2. The molecule has 2 nitrogen and oxygen atoms in total. The van der Waals surface area contributed by atoms with Gasteiger partial charge in [-0.1, -0.05) is 6.42 Å². The zero-order chi connectivity index (χ0) is 12.0. The van der Waals surface area contributed by atoms with E-state index in [0.29, 0.717) is 12.5 Å². The van der Waals surface area contributed by atoms with E-state index in [4.69, 9.17) is 10.5 Å². The lowest BCUT2D eigenvalue weighted by Crippen LogP contribution is -2.25. The smallest absolute Gasteiger partial charge is 0.381 e. The summed E-state index contributed by atoms with van der Waals surface area (Å²) in [7, 11) is 0. The third-order valence-corrected chi connectivity index (χ3v) is 3.10. The van der Waals surface area contributed by atoms with Crippen molar-refractivity contribution in [3.63, 3.8) is 0 Å². The van der Waals surface area contributed by atoms with Crippen molar-refractivity contribution in [3.05, 3.63) is 0 Å². The Balaban J connectivity index is 1.92.